The first-order valence-electron chi connectivity index (χ1n) is 11.3. The number of methoxy groups -OCH3 is 1. The zero-order chi connectivity index (χ0) is 26.5. The van der Waals surface area contributed by atoms with Crippen LogP contribution in [-0.4, -0.2) is 36.0 Å². The fourth-order valence-electron chi connectivity index (χ4n) is 3.53. The summed E-state index contributed by atoms with van der Waals surface area (Å²) in [7, 11) is 1.56. The van der Waals surface area contributed by atoms with Crippen molar-refractivity contribution in [3.05, 3.63) is 75.6 Å². The highest BCUT2D eigenvalue weighted by Crippen LogP contribution is 2.35. The average molecular weight is 526 g/mol. The number of hydrogen-bond acceptors (Lipinski definition) is 7. The van der Waals surface area contributed by atoms with Gasteiger partial charge in [-0.15, -0.1) is 11.3 Å². The Morgan fingerprint density at radius 3 is 2.19 bits per heavy atom. The van der Waals surface area contributed by atoms with Gasteiger partial charge in [-0.05, 0) is 74.4 Å². The number of ketones is 2. The molecule has 0 fully saturated rings. The highest BCUT2D eigenvalue weighted by molar-refractivity contribution is 7.17. The monoisotopic (exact) mass is 525 g/mol. The molecule has 0 unspecified atom stereocenters. The summed E-state index contributed by atoms with van der Waals surface area (Å²) in [5, 5.41) is 8.67. The van der Waals surface area contributed by atoms with Gasteiger partial charge in [0.2, 0.25) is 5.78 Å². The Kier molecular flexibility index (Phi) is 8.82. The summed E-state index contributed by atoms with van der Waals surface area (Å²) in [6.07, 6.45) is -0.379. The summed E-state index contributed by atoms with van der Waals surface area (Å²) < 4.78 is 10.4. The van der Waals surface area contributed by atoms with E-state index >= 15 is 0 Å². The standard InChI is InChI=1S/C28H28ClNO5S/c1-28(2,3)35-25(32)16-21(30)15-22(31)13-19-14-24(26(33)17-7-11-23(34-4)12-8-17)36-27(19)18-5-9-20(29)10-6-18/h5-12,14,30H,13,15-16H2,1-4H3. The SMILES string of the molecule is COc1ccc(C(=O)c2cc(CC(=O)CC(=N)CC(=O)OC(C)(C)C)c(-c3ccc(Cl)cc3)s2)cc1. The van der Waals surface area contributed by atoms with E-state index in [-0.39, 0.29) is 36.5 Å². The normalized spacial score (nSPS) is 11.1. The largest absolute Gasteiger partial charge is 0.497 e. The van der Waals surface area contributed by atoms with Crippen LogP contribution in [0.1, 0.15) is 54.4 Å². The molecule has 0 spiro atoms. The second-order valence-corrected chi connectivity index (χ2v) is 10.8. The predicted octanol–water partition coefficient (Wildman–Crippen LogP) is 6.56. The van der Waals surface area contributed by atoms with Gasteiger partial charge in [-0.2, -0.15) is 0 Å². The number of hydrogen-bond donors (Lipinski definition) is 1. The van der Waals surface area contributed by atoms with Crippen LogP contribution in [0, 0.1) is 5.41 Å². The molecule has 1 heterocycles. The molecule has 0 bridgehead atoms. The van der Waals surface area contributed by atoms with Crippen molar-refractivity contribution in [1.29, 1.82) is 5.41 Å². The van der Waals surface area contributed by atoms with Crippen molar-refractivity contribution >= 4 is 46.2 Å². The predicted molar refractivity (Wildman–Crippen MR) is 143 cm³/mol. The Hall–Kier alpha value is -3.29. The van der Waals surface area contributed by atoms with E-state index in [0.717, 1.165) is 10.4 Å². The number of carbonyl (C=O) groups excluding carboxylic acids is 3. The van der Waals surface area contributed by atoms with Crippen molar-refractivity contribution in [2.45, 2.75) is 45.6 Å². The van der Waals surface area contributed by atoms with Crippen molar-refractivity contribution in [3.63, 3.8) is 0 Å². The first-order valence-corrected chi connectivity index (χ1v) is 12.5. The lowest BCUT2D eigenvalue weighted by atomic mass is 10.0. The van der Waals surface area contributed by atoms with Crippen molar-refractivity contribution < 1.29 is 23.9 Å². The van der Waals surface area contributed by atoms with Crippen LogP contribution in [0.25, 0.3) is 10.4 Å². The van der Waals surface area contributed by atoms with Crippen LogP contribution in [0.2, 0.25) is 5.02 Å². The smallest absolute Gasteiger partial charge is 0.312 e. The summed E-state index contributed by atoms with van der Waals surface area (Å²) >= 11 is 7.35. The lowest BCUT2D eigenvalue weighted by molar-refractivity contribution is -0.153. The van der Waals surface area contributed by atoms with Crippen LogP contribution in [0.15, 0.2) is 54.6 Å². The summed E-state index contributed by atoms with van der Waals surface area (Å²) in [5.74, 6) is -0.265. The van der Waals surface area contributed by atoms with E-state index in [9.17, 15) is 14.4 Å². The molecule has 6 nitrogen and oxygen atoms in total. The zero-order valence-electron chi connectivity index (χ0n) is 20.6. The van der Waals surface area contributed by atoms with E-state index in [1.807, 2.05) is 12.1 Å². The van der Waals surface area contributed by atoms with Gasteiger partial charge >= 0.3 is 5.97 Å². The second-order valence-electron chi connectivity index (χ2n) is 9.29. The minimum absolute atomic E-state index is 0.00736. The van der Waals surface area contributed by atoms with E-state index in [1.54, 1.807) is 70.3 Å². The fraction of sp³-hybridized carbons (Fsp3) is 0.286. The molecule has 0 amide bonds. The number of Topliss-reactive ketones (excluding diaryl/α,β-unsaturated/α-hetero) is 1. The van der Waals surface area contributed by atoms with Gasteiger partial charge in [0.25, 0.3) is 0 Å². The van der Waals surface area contributed by atoms with E-state index in [4.69, 9.17) is 26.5 Å². The summed E-state index contributed by atoms with van der Waals surface area (Å²) in [6.45, 7) is 5.25. The summed E-state index contributed by atoms with van der Waals surface area (Å²) in [6, 6.07) is 15.8. The molecule has 0 saturated heterocycles. The minimum Gasteiger partial charge on any atom is -0.497 e. The number of rotatable bonds is 10. The topological polar surface area (TPSA) is 93.5 Å². The molecule has 1 N–H and O–H groups in total. The molecular formula is C28H28ClNO5S. The molecule has 8 heteroatoms. The number of ether oxygens (including phenoxy) is 2. The average Bonchev–Trinajstić information content (AvgIpc) is 3.21. The van der Waals surface area contributed by atoms with Gasteiger partial charge < -0.3 is 14.9 Å². The third-order valence-electron chi connectivity index (χ3n) is 5.07. The molecule has 2 aromatic carbocycles. The van der Waals surface area contributed by atoms with Gasteiger partial charge in [0.1, 0.15) is 17.1 Å². The lowest BCUT2D eigenvalue weighted by Crippen LogP contribution is -2.25. The van der Waals surface area contributed by atoms with Gasteiger partial charge in [0, 0.05) is 34.0 Å². The Morgan fingerprint density at radius 1 is 0.972 bits per heavy atom. The van der Waals surface area contributed by atoms with Crippen LogP contribution in [0.3, 0.4) is 0 Å². The van der Waals surface area contributed by atoms with E-state index < -0.39 is 11.6 Å². The van der Waals surface area contributed by atoms with Crippen molar-refractivity contribution in [3.8, 4) is 16.2 Å². The van der Waals surface area contributed by atoms with E-state index in [0.29, 0.717) is 26.8 Å². The summed E-state index contributed by atoms with van der Waals surface area (Å²) in [5.41, 5.74) is 1.38. The third-order valence-corrected chi connectivity index (χ3v) is 6.54. The van der Waals surface area contributed by atoms with Crippen LogP contribution in [0.4, 0.5) is 0 Å². The van der Waals surface area contributed by atoms with Crippen LogP contribution >= 0.6 is 22.9 Å². The highest BCUT2D eigenvalue weighted by atomic mass is 35.5. The summed E-state index contributed by atoms with van der Waals surface area (Å²) in [4.78, 5) is 39.3. The molecule has 3 rings (SSSR count). The number of carbonyl (C=O) groups is 3. The molecule has 1 aromatic heterocycles. The van der Waals surface area contributed by atoms with Gasteiger partial charge in [-0.25, -0.2) is 0 Å². The maximum Gasteiger partial charge on any atom is 0.312 e. The Labute approximate surface area is 219 Å². The van der Waals surface area contributed by atoms with Gasteiger partial charge in [0.15, 0.2) is 0 Å². The number of thiophene rings is 1. The molecule has 0 aliphatic heterocycles. The highest BCUT2D eigenvalue weighted by Gasteiger charge is 2.22. The maximum absolute atomic E-state index is 13.2. The molecule has 36 heavy (non-hydrogen) atoms. The Balaban J connectivity index is 1.81. The van der Waals surface area contributed by atoms with Crippen LogP contribution in [0.5, 0.6) is 5.75 Å². The van der Waals surface area contributed by atoms with Gasteiger partial charge in [-0.1, -0.05) is 23.7 Å². The van der Waals surface area contributed by atoms with Crippen molar-refractivity contribution in [2.75, 3.05) is 7.11 Å². The van der Waals surface area contributed by atoms with E-state index in [1.165, 1.54) is 11.3 Å². The van der Waals surface area contributed by atoms with Crippen LogP contribution in [-0.2, 0) is 20.7 Å². The van der Waals surface area contributed by atoms with Crippen LogP contribution < -0.4 is 4.74 Å². The number of halogens is 1. The zero-order valence-corrected chi connectivity index (χ0v) is 22.2. The maximum atomic E-state index is 13.2. The molecule has 3 aromatic rings. The Morgan fingerprint density at radius 2 is 1.61 bits per heavy atom. The van der Waals surface area contributed by atoms with Gasteiger partial charge in [0.05, 0.1) is 18.4 Å². The molecular weight excluding hydrogens is 498 g/mol. The number of esters is 1. The van der Waals surface area contributed by atoms with E-state index in [2.05, 4.69) is 0 Å². The molecule has 0 atom stereocenters. The number of benzene rings is 2. The first-order chi connectivity index (χ1) is 16.9. The third kappa shape index (κ3) is 7.60. The molecule has 188 valence electrons. The van der Waals surface area contributed by atoms with Crippen molar-refractivity contribution in [2.24, 2.45) is 0 Å². The lowest BCUT2D eigenvalue weighted by Gasteiger charge is -2.19. The molecule has 0 aliphatic carbocycles. The molecule has 0 aliphatic rings. The Bertz CT molecular complexity index is 1270. The van der Waals surface area contributed by atoms with Gasteiger partial charge in [-0.3, -0.25) is 14.4 Å². The molecule has 0 saturated carbocycles. The first kappa shape index (κ1) is 27.3. The van der Waals surface area contributed by atoms with Crippen molar-refractivity contribution in [1.82, 2.24) is 0 Å². The quantitative estimate of drug-likeness (QED) is 0.184. The minimum atomic E-state index is -0.654. The number of nitrogens with one attached hydrogen (secondary N) is 1. The fourth-order valence-corrected chi connectivity index (χ4v) is 4.80. The molecule has 0 radical (unpaired) electrons. The second kappa shape index (κ2) is 11.6.